The highest BCUT2D eigenvalue weighted by atomic mass is 32.2. The first kappa shape index (κ1) is 27.7. The van der Waals surface area contributed by atoms with E-state index in [1.54, 1.807) is 0 Å². The number of nitrogens with zero attached hydrogens (tertiary/aromatic N) is 2. The molecule has 0 radical (unpaired) electrons. The van der Waals surface area contributed by atoms with Crippen molar-refractivity contribution in [3.05, 3.63) is 72.5 Å². The Morgan fingerprint density at radius 2 is 1.59 bits per heavy atom. The van der Waals surface area contributed by atoms with Crippen molar-refractivity contribution in [2.45, 2.75) is 4.90 Å². The number of methoxy groups -OCH3 is 2. The largest absolute Gasteiger partial charge is 0.493 e. The van der Waals surface area contributed by atoms with Crippen LogP contribution in [0.15, 0.2) is 71.6 Å². The van der Waals surface area contributed by atoms with Crippen LogP contribution in [0.4, 0.5) is 21.5 Å². The van der Waals surface area contributed by atoms with E-state index in [1.807, 2.05) is 0 Å². The number of carbonyl (C=O) groups excluding carboxylic acids is 1. The molecule has 37 heavy (non-hydrogen) atoms. The molecule has 0 spiro atoms. The summed E-state index contributed by atoms with van der Waals surface area (Å²) in [6, 6.07) is 15.0. The normalized spacial score (nSPS) is 11.5. The number of hydrogen-bond acceptors (Lipinski definition) is 7. The molecule has 0 aromatic heterocycles. The lowest BCUT2D eigenvalue weighted by Gasteiger charge is -2.25. The molecule has 0 aliphatic carbocycles. The third kappa shape index (κ3) is 6.30. The highest BCUT2D eigenvalue weighted by Gasteiger charge is 2.30. The Hall–Kier alpha value is -3.84. The van der Waals surface area contributed by atoms with E-state index in [2.05, 4.69) is 5.32 Å². The summed E-state index contributed by atoms with van der Waals surface area (Å²) in [5, 5.41) is 2.54. The second kappa shape index (κ2) is 11.0. The van der Waals surface area contributed by atoms with Gasteiger partial charge in [-0.2, -0.15) is 0 Å². The van der Waals surface area contributed by atoms with E-state index in [9.17, 15) is 26.0 Å². The van der Waals surface area contributed by atoms with Crippen LogP contribution in [0.2, 0.25) is 0 Å². The van der Waals surface area contributed by atoms with Crippen LogP contribution in [0.1, 0.15) is 0 Å². The van der Waals surface area contributed by atoms with Gasteiger partial charge in [-0.1, -0.05) is 18.2 Å². The van der Waals surface area contributed by atoms with Crippen LogP contribution in [0.3, 0.4) is 0 Å². The minimum atomic E-state index is -4.45. The molecule has 0 saturated carbocycles. The predicted molar refractivity (Wildman–Crippen MR) is 139 cm³/mol. The molecule has 3 rings (SSSR count). The van der Waals surface area contributed by atoms with Gasteiger partial charge in [0.25, 0.3) is 10.0 Å². The van der Waals surface area contributed by atoms with Crippen LogP contribution >= 0.6 is 0 Å². The number of carbonyl (C=O) groups is 1. The Kier molecular flexibility index (Phi) is 8.28. The van der Waals surface area contributed by atoms with Gasteiger partial charge in [0.2, 0.25) is 15.9 Å². The van der Waals surface area contributed by atoms with Gasteiger partial charge in [-0.05, 0) is 42.5 Å². The number of amides is 1. The van der Waals surface area contributed by atoms with E-state index in [0.717, 1.165) is 16.6 Å². The third-order valence-electron chi connectivity index (χ3n) is 5.34. The molecule has 3 aromatic rings. The molecule has 0 fully saturated rings. The van der Waals surface area contributed by atoms with E-state index < -0.39 is 38.3 Å². The molecule has 0 atom stereocenters. The van der Waals surface area contributed by atoms with Gasteiger partial charge in [0.05, 0.1) is 36.7 Å². The Labute approximate surface area is 215 Å². The Bertz CT molecular complexity index is 1510. The first-order valence-corrected chi connectivity index (χ1v) is 14.0. The molecular weight excluding hydrogens is 525 g/mol. The van der Waals surface area contributed by atoms with Crippen LogP contribution in [-0.4, -0.2) is 56.8 Å². The van der Waals surface area contributed by atoms with Crippen LogP contribution in [0, 0.1) is 5.82 Å². The lowest BCUT2D eigenvalue weighted by atomic mass is 10.2. The average Bonchev–Trinajstić information content (AvgIpc) is 2.86. The second-order valence-corrected chi connectivity index (χ2v) is 11.7. The van der Waals surface area contributed by atoms with Crippen LogP contribution in [0.5, 0.6) is 11.5 Å². The summed E-state index contributed by atoms with van der Waals surface area (Å²) in [5.41, 5.74) is 0.164. The zero-order valence-corrected chi connectivity index (χ0v) is 22.1. The number of sulfonamides is 2. The summed E-state index contributed by atoms with van der Waals surface area (Å²) in [6.45, 7) is -0.774. The average molecular weight is 552 g/mol. The number of ether oxygens (including phenoxy) is 2. The number of benzene rings is 3. The molecule has 3 aromatic carbocycles. The SMILES string of the molecule is COc1ccc(S(=O)(=O)N(CC(=O)Nc2cccc(N(C)S(C)(=O)=O)c2)c2ccccc2F)cc1OC. The summed E-state index contributed by atoms with van der Waals surface area (Å²) in [7, 11) is -3.92. The maximum Gasteiger partial charge on any atom is 0.265 e. The van der Waals surface area contributed by atoms with Crippen molar-refractivity contribution in [1.29, 1.82) is 0 Å². The molecule has 0 unspecified atom stereocenters. The molecule has 1 amide bonds. The second-order valence-electron chi connectivity index (χ2n) is 7.81. The monoisotopic (exact) mass is 551 g/mol. The summed E-state index contributed by atoms with van der Waals surface area (Å²) < 4.78 is 77.6. The van der Waals surface area contributed by atoms with Crippen molar-refractivity contribution in [2.24, 2.45) is 0 Å². The van der Waals surface area contributed by atoms with E-state index in [1.165, 1.54) is 81.9 Å². The quantitative estimate of drug-likeness (QED) is 0.411. The highest BCUT2D eigenvalue weighted by molar-refractivity contribution is 7.93. The molecule has 10 nitrogen and oxygen atoms in total. The van der Waals surface area contributed by atoms with Gasteiger partial charge in [0, 0.05) is 18.8 Å². The zero-order chi connectivity index (χ0) is 27.4. The number of para-hydroxylation sites is 1. The molecule has 0 bridgehead atoms. The summed E-state index contributed by atoms with van der Waals surface area (Å²) in [6.07, 6.45) is 1.03. The minimum Gasteiger partial charge on any atom is -0.493 e. The molecule has 0 aliphatic heterocycles. The summed E-state index contributed by atoms with van der Waals surface area (Å²) in [5.74, 6) is -1.22. The van der Waals surface area contributed by atoms with Crippen molar-refractivity contribution in [1.82, 2.24) is 0 Å². The summed E-state index contributed by atoms with van der Waals surface area (Å²) >= 11 is 0. The third-order valence-corrected chi connectivity index (χ3v) is 8.30. The fraction of sp³-hybridized carbons (Fsp3) is 0.208. The van der Waals surface area contributed by atoms with Gasteiger partial charge >= 0.3 is 0 Å². The Balaban J connectivity index is 1.98. The molecule has 0 saturated heterocycles. The molecule has 1 N–H and O–H groups in total. The maximum absolute atomic E-state index is 14.7. The highest BCUT2D eigenvalue weighted by Crippen LogP contribution is 2.33. The molecule has 0 heterocycles. The fourth-order valence-corrected chi connectivity index (χ4v) is 5.30. The predicted octanol–water partition coefficient (Wildman–Crippen LogP) is 3.07. The standard InChI is InChI=1S/C24H26FN3O7S2/c1-27(36(4,30)31)18-9-7-8-17(14-18)26-24(29)16-28(21-11-6-5-10-20(21)25)37(32,33)19-12-13-22(34-2)23(15-19)35-3/h5-15H,16H2,1-4H3,(H,26,29). The van der Waals surface area contributed by atoms with E-state index in [-0.39, 0.29) is 33.5 Å². The number of rotatable bonds is 10. The van der Waals surface area contributed by atoms with Crippen LogP contribution in [0.25, 0.3) is 0 Å². The molecule has 198 valence electrons. The van der Waals surface area contributed by atoms with Crippen molar-refractivity contribution in [3.8, 4) is 11.5 Å². The first-order valence-electron chi connectivity index (χ1n) is 10.7. The Morgan fingerprint density at radius 1 is 0.919 bits per heavy atom. The lowest BCUT2D eigenvalue weighted by molar-refractivity contribution is -0.114. The van der Waals surface area contributed by atoms with Crippen molar-refractivity contribution >= 4 is 43.0 Å². The number of nitrogens with one attached hydrogen (secondary N) is 1. The van der Waals surface area contributed by atoms with E-state index in [0.29, 0.717) is 4.31 Å². The minimum absolute atomic E-state index is 0.133. The first-order chi connectivity index (χ1) is 17.4. The van der Waals surface area contributed by atoms with Crippen LogP contribution < -0.4 is 23.4 Å². The van der Waals surface area contributed by atoms with E-state index >= 15 is 0 Å². The maximum atomic E-state index is 14.7. The topological polar surface area (TPSA) is 122 Å². The fourth-order valence-electron chi connectivity index (χ4n) is 3.36. The number of anilines is 3. The Morgan fingerprint density at radius 3 is 2.22 bits per heavy atom. The molecular formula is C24H26FN3O7S2. The van der Waals surface area contributed by atoms with Gasteiger partial charge in [-0.25, -0.2) is 21.2 Å². The molecule has 0 aliphatic rings. The zero-order valence-electron chi connectivity index (χ0n) is 20.5. The van der Waals surface area contributed by atoms with Crippen molar-refractivity contribution < 1.29 is 35.5 Å². The van der Waals surface area contributed by atoms with Crippen molar-refractivity contribution in [3.63, 3.8) is 0 Å². The van der Waals surface area contributed by atoms with Crippen molar-refractivity contribution in [2.75, 3.05) is 48.0 Å². The van der Waals surface area contributed by atoms with Gasteiger partial charge in [-0.15, -0.1) is 0 Å². The van der Waals surface area contributed by atoms with Gasteiger partial charge < -0.3 is 14.8 Å². The van der Waals surface area contributed by atoms with Crippen LogP contribution in [-0.2, 0) is 24.8 Å². The lowest BCUT2D eigenvalue weighted by Crippen LogP contribution is -2.38. The smallest absolute Gasteiger partial charge is 0.265 e. The van der Waals surface area contributed by atoms with Gasteiger partial charge in [0.1, 0.15) is 12.4 Å². The summed E-state index contributed by atoms with van der Waals surface area (Å²) in [4.78, 5) is 12.7. The molecule has 13 heteroatoms. The van der Waals surface area contributed by atoms with Gasteiger partial charge in [-0.3, -0.25) is 13.4 Å². The van der Waals surface area contributed by atoms with E-state index in [4.69, 9.17) is 9.47 Å². The number of hydrogen-bond donors (Lipinski definition) is 1. The van der Waals surface area contributed by atoms with Gasteiger partial charge in [0.15, 0.2) is 11.5 Å². The number of halogens is 1.